The van der Waals surface area contributed by atoms with Gasteiger partial charge in [-0.05, 0) is 84.6 Å². The van der Waals surface area contributed by atoms with E-state index in [4.69, 9.17) is 10.00 Å². The molecule has 8 nitrogen and oxygen atoms in total. The molecule has 4 heterocycles. The van der Waals surface area contributed by atoms with E-state index in [1.807, 2.05) is 92.1 Å². The number of carbonyl (C=O) groups is 1. The third-order valence-electron chi connectivity index (χ3n) is 8.19. The maximum absolute atomic E-state index is 13.3. The van der Waals surface area contributed by atoms with Crippen LogP contribution in [0.5, 0.6) is 5.75 Å². The number of hydrogen-bond donors (Lipinski definition) is 2. The fourth-order valence-corrected chi connectivity index (χ4v) is 5.76. The molecule has 0 saturated carbocycles. The summed E-state index contributed by atoms with van der Waals surface area (Å²) in [5.41, 5.74) is 9.76. The lowest BCUT2D eigenvalue weighted by molar-refractivity contribution is 0.102. The topological polar surface area (TPSA) is 105 Å². The van der Waals surface area contributed by atoms with Crippen LogP contribution in [0.2, 0.25) is 0 Å². The van der Waals surface area contributed by atoms with Crippen LogP contribution in [0, 0.1) is 18.3 Å². The van der Waals surface area contributed by atoms with Crippen LogP contribution < -0.4 is 15.4 Å². The van der Waals surface area contributed by atoms with Crippen molar-refractivity contribution < 1.29 is 9.53 Å². The van der Waals surface area contributed by atoms with Crippen LogP contribution in [0.1, 0.15) is 32.7 Å². The Kier molecular flexibility index (Phi) is 7.42. The maximum atomic E-state index is 13.3. The zero-order chi connectivity index (χ0) is 30.8. The van der Waals surface area contributed by atoms with Crippen molar-refractivity contribution in [2.75, 3.05) is 17.2 Å². The highest BCUT2D eigenvalue weighted by Gasteiger charge is 2.21. The predicted molar refractivity (Wildman–Crippen MR) is 176 cm³/mol. The van der Waals surface area contributed by atoms with E-state index >= 15 is 0 Å². The number of rotatable bonds is 8. The summed E-state index contributed by atoms with van der Waals surface area (Å²) in [7, 11) is 0. The van der Waals surface area contributed by atoms with E-state index in [9.17, 15) is 4.79 Å². The van der Waals surface area contributed by atoms with E-state index < -0.39 is 0 Å². The number of fused-ring (bicyclic) bond motifs is 3. The van der Waals surface area contributed by atoms with E-state index in [0.717, 1.165) is 69.1 Å². The number of ether oxygens (including phenoxy) is 1. The van der Waals surface area contributed by atoms with Crippen LogP contribution in [0.25, 0.3) is 22.0 Å². The molecular weight excluding hydrogens is 560 g/mol. The zero-order valence-electron chi connectivity index (χ0n) is 24.7. The first-order chi connectivity index (χ1) is 22.1. The number of nitrogens with zero attached hydrogens (tertiary/aromatic N) is 4. The molecule has 0 radical (unpaired) electrons. The van der Waals surface area contributed by atoms with Crippen molar-refractivity contribution in [3.63, 3.8) is 0 Å². The van der Waals surface area contributed by atoms with Crippen molar-refractivity contribution in [1.29, 1.82) is 5.26 Å². The van der Waals surface area contributed by atoms with Gasteiger partial charge >= 0.3 is 0 Å². The summed E-state index contributed by atoms with van der Waals surface area (Å²) in [4.78, 5) is 22.0. The first kappa shape index (κ1) is 27.9. The Morgan fingerprint density at radius 3 is 2.58 bits per heavy atom. The Hall–Kier alpha value is -5.94. The van der Waals surface area contributed by atoms with Gasteiger partial charge < -0.3 is 19.9 Å². The van der Waals surface area contributed by atoms with Crippen LogP contribution in [-0.4, -0.2) is 27.0 Å². The number of hydrogen-bond acceptors (Lipinski definition) is 6. The highest BCUT2D eigenvalue weighted by molar-refractivity contribution is 6.13. The lowest BCUT2D eigenvalue weighted by atomic mass is 10.0. The van der Waals surface area contributed by atoms with Gasteiger partial charge in [-0.2, -0.15) is 5.26 Å². The second-order valence-corrected chi connectivity index (χ2v) is 11.1. The molecular formula is C37H30N6O2. The van der Waals surface area contributed by atoms with Crippen molar-refractivity contribution in [1.82, 2.24) is 14.5 Å². The number of anilines is 3. The zero-order valence-corrected chi connectivity index (χ0v) is 24.7. The second-order valence-electron chi connectivity index (χ2n) is 11.1. The van der Waals surface area contributed by atoms with Gasteiger partial charge in [0.1, 0.15) is 5.75 Å². The van der Waals surface area contributed by atoms with Gasteiger partial charge in [0.2, 0.25) is 0 Å². The molecule has 7 rings (SSSR count). The Labute approximate surface area is 261 Å². The third-order valence-corrected chi connectivity index (χ3v) is 8.19. The molecule has 1 aliphatic heterocycles. The molecule has 8 heteroatoms. The van der Waals surface area contributed by atoms with Crippen LogP contribution >= 0.6 is 0 Å². The second kappa shape index (κ2) is 12.0. The van der Waals surface area contributed by atoms with Crippen molar-refractivity contribution in [2.24, 2.45) is 0 Å². The molecule has 1 aliphatic rings. The molecule has 0 atom stereocenters. The van der Waals surface area contributed by atoms with Crippen molar-refractivity contribution in [3.05, 3.63) is 132 Å². The standard InChI is InChI=1S/C37H30N6O2/c1-24-36(3-2-15-40-24)45-18-14-26-8-11-32-34(19-26)42-37(44)30-10-9-28(20-33(30)41-32)31-23-43(35-22-39-16-12-29(31)35)17-13-25-4-6-27(21-38)7-5-25/h2-12,15-16,19-20,22-23,41H,13-14,17-18H2,1H3,(H,42,44). The number of benzene rings is 3. The summed E-state index contributed by atoms with van der Waals surface area (Å²) >= 11 is 0. The molecule has 220 valence electrons. The molecule has 0 bridgehead atoms. The van der Waals surface area contributed by atoms with Crippen LogP contribution in [0.3, 0.4) is 0 Å². The monoisotopic (exact) mass is 590 g/mol. The summed E-state index contributed by atoms with van der Waals surface area (Å²) in [6.07, 6.45) is 9.13. The molecule has 3 aromatic heterocycles. The minimum absolute atomic E-state index is 0.156. The van der Waals surface area contributed by atoms with Crippen molar-refractivity contribution in [2.45, 2.75) is 26.3 Å². The predicted octanol–water partition coefficient (Wildman–Crippen LogP) is 7.45. The van der Waals surface area contributed by atoms with E-state index in [2.05, 4.69) is 43.5 Å². The summed E-state index contributed by atoms with van der Waals surface area (Å²) in [6.45, 7) is 3.20. The summed E-state index contributed by atoms with van der Waals surface area (Å²) in [5.74, 6) is 0.621. The Morgan fingerprint density at radius 2 is 1.73 bits per heavy atom. The van der Waals surface area contributed by atoms with Crippen LogP contribution in [0.15, 0.2) is 104 Å². The molecule has 3 aromatic carbocycles. The fraction of sp³-hybridized carbons (Fsp3) is 0.135. The third kappa shape index (κ3) is 5.71. The van der Waals surface area contributed by atoms with E-state index in [0.29, 0.717) is 24.2 Å². The number of pyridine rings is 2. The Balaban J connectivity index is 1.12. The molecule has 0 saturated heterocycles. The van der Waals surface area contributed by atoms with Gasteiger partial charge in [-0.25, -0.2) is 0 Å². The van der Waals surface area contributed by atoms with Gasteiger partial charge in [0.05, 0.1) is 58.3 Å². The molecule has 0 spiro atoms. The summed E-state index contributed by atoms with van der Waals surface area (Å²) in [5, 5.41) is 16.8. The van der Waals surface area contributed by atoms with Gasteiger partial charge in [-0.3, -0.25) is 14.8 Å². The van der Waals surface area contributed by atoms with Crippen LogP contribution in [-0.2, 0) is 19.4 Å². The first-order valence-corrected chi connectivity index (χ1v) is 14.9. The largest absolute Gasteiger partial charge is 0.491 e. The molecule has 1 amide bonds. The summed E-state index contributed by atoms with van der Waals surface area (Å²) in [6, 6.07) is 27.7. The minimum atomic E-state index is -0.156. The molecule has 0 aliphatic carbocycles. The maximum Gasteiger partial charge on any atom is 0.257 e. The van der Waals surface area contributed by atoms with Gasteiger partial charge in [0, 0.05) is 42.5 Å². The highest BCUT2D eigenvalue weighted by atomic mass is 16.5. The first-order valence-electron chi connectivity index (χ1n) is 14.9. The number of carbonyl (C=O) groups excluding carboxylic acids is 1. The average Bonchev–Trinajstić information content (AvgIpc) is 3.37. The van der Waals surface area contributed by atoms with Gasteiger partial charge in [0.15, 0.2) is 0 Å². The van der Waals surface area contributed by atoms with Gasteiger partial charge in [-0.1, -0.05) is 24.3 Å². The summed E-state index contributed by atoms with van der Waals surface area (Å²) < 4.78 is 8.15. The molecule has 2 N–H and O–H groups in total. The number of nitriles is 1. The number of nitrogens with one attached hydrogen (secondary N) is 2. The Morgan fingerprint density at radius 1 is 0.867 bits per heavy atom. The number of aryl methyl sites for hydroxylation is 3. The van der Waals surface area contributed by atoms with E-state index in [-0.39, 0.29) is 5.91 Å². The molecule has 6 aromatic rings. The van der Waals surface area contributed by atoms with Crippen LogP contribution in [0.4, 0.5) is 17.1 Å². The minimum Gasteiger partial charge on any atom is -0.491 e. The molecule has 0 fully saturated rings. The average molecular weight is 591 g/mol. The molecule has 0 unspecified atom stereocenters. The number of aromatic nitrogens is 3. The smallest absolute Gasteiger partial charge is 0.257 e. The van der Waals surface area contributed by atoms with E-state index in [1.165, 1.54) is 5.56 Å². The molecule has 45 heavy (non-hydrogen) atoms. The normalized spacial score (nSPS) is 12.0. The lowest BCUT2D eigenvalue weighted by Gasteiger charge is -2.12. The van der Waals surface area contributed by atoms with Gasteiger partial charge in [0.25, 0.3) is 5.91 Å². The number of amides is 1. The highest BCUT2D eigenvalue weighted by Crippen LogP contribution is 2.37. The van der Waals surface area contributed by atoms with Gasteiger partial charge in [-0.15, -0.1) is 0 Å². The Bertz CT molecular complexity index is 2090. The SMILES string of the molecule is Cc1ncccc1OCCc1ccc2c(c1)NC(=O)c1ccc(-c3cn(CCc4ccc(C#N)cc4)c4cnccc34)cc1N2. The lowest BCUT2D eigenvalue weighted by Crippen LogP contribution is -2.11. The quantitative estimate of drug-likeness (QED) is 0.191. The fourth-order valence-electron chi connectivity index (χ4n) is 5.76. The van der Waals surface area contributed by atoms with Crippen molar-refractivity contribution in [3.8, 4) is 22.9 Å². The van der Waals surface area contributed by atoms with Crippen molar-refractivity contribution >= 4 is 33.9 Å². The van der Waals surface area contributed by atoms with E-state index in [1.54, 1.807) is 6.20 Å².